The van der Waals surface area contributed by atoms with Gasteiger partial charge >= 0.3 is 0 Å². The number of unbranched alkanes of at least 4 members (excludes halogenated alkanes) is 2. The molecule has 10 heavy (non-hydrogen) atoms. The molecule has 0 saturated carbocycles. The van der Waals surface area contributed by atoms with Gasteiger partial charge in [0.05, 0.1) is 0 Å². The predicted octanol–water partition coefficient (Wildman–Crippen LogP) is 4.28. The van der Waals surface area contributed by atoms with Gasteiger partial charge < -0.3 is 0 Å². The first-order valence-corrected chi connectivity index (χ1v) is 4.44. The molecule has 0 aromatic rings. The van der Waals surface area contributed by atoms with Gasteiger partial charge in [-0.2, -0.15) is 0 Å². The normalized spacial score (nSPS) is 9.60. The molecule has 2 heteroatoms. The lowest BCUT2D eigenvalue weighted by Crippen LogP contribution is -1.78. The second-order valence-corrected chi connectivity index (χ2v) is 3.45. The van der Waals surface area contributed by atoms with E-state index in [2.05, 4.69) is 6.92 Å². The molecule has 0 N–H and O–H groups in total. The minimum Gasteiger partial charge on any atom is -0.0710 e. The summed E-state index contributed by atoms with van der Waals surface area (Å²) in [4.78, 5) is 0. The molecule has 0 aliphatic carbocycles. The summed E-state index contributed by atoms with van der Waals surface area (Å²) in [6.45, 7) is 4.16. The Morgan fingerprint density at radius 3 is 2.20 bits per heavy atom. The lowest BCUT2D eigenvalue weighted by atomic mass is 10.1. The van der Waals surface area contributed by atoms with Crippen LogP contribution in [-0.2, 0) is 0 Å². The van der Waals surface area contributed by atoms with E-state index in [4.69, 9.17) is 23.2 Å². The van der Waals surface area contributed by atoms with Crippen LogP contribution in [0.1, 0.15) is 39.5 Å². The van der Waals surface area contributed by atoms with E-state index in [0.29, 0.717) is 4.49 Å². The Kier molecular flexibility index (Phi) is 6.25. The van der Waals surface area contributed by atoms with Crippen LogP contribution in [0.5, 0.6) is 0 Å². The fourth-order valence-corrected chi connectivity index (χ4v) is 0.924. The maximum Gasteiger partial charge on any atom is 0.105 e. The Labute approximate surface area is 73.2 Å². The third-order valence-corrected chi connectivity index (χ3v) is 2.12. The quantitative estimate of drug-likeness (QED) is 0.568. The molecule has 0 bridgehead atoms. The van der Waals surface area contributed by atoms with Crippen molar-refractivity contribution < 1.29 is 0 Å². The van der Waals surface area contributed by atoms with E-state index in [9.17, 15) is 0 Å². The molecule has 0 nitrogen and oxygen atoms in total. The van der Waals surface area contributed by atoms with Crippen LogP contribution >= 0.6 is 23.2 Å². The van der Waals surface area contributed by atoms with Crippen molar-refractivity contribution in [3.05, 3.63) is 10.1 Å². The van der Waals surface area contributed by atoms with E-state index in [-0.39, 0.29) is 0 Å². The molecule has 0 heterocycles. The van der Waals surface area contributed by atoms with Gasteiger partial charge in [0.1, 0.15) is 4.49 Å². The summed E-state index contributed by atoms with van der Waals surface area (Å²) in [5.74, 6) is 0. The minimum atomic E-state index is 0.441. The third kappa shape index (κ3) is 5.13. The van der Waals surface area contributed by atoms with Crippen molar-refractivity contribution in [1.29, 1.82) is 0 Å². The number of halogens is 2. The van der Waals surface area contributed by atoms with Crippen LogP contribution in [0.15, 0.2) is 10.1 Å². The Morgan fingerprint density at radius 1 is 1.20 bits per heavy atom. The van der Waals surface area contributed by atoms with Gasteiger partial charge in [-0.15, -0.1) is 0 Å². The van der Waals surface area contributed by atoms with Crippen molar-refractivity contribution in [3.8, 4) is 0 Å². The van der Waals surface area contributed by atoms with Gasteiger partial charge in [-0.05, 0) is 25.3 Å². The molecule has 60 valence electrons. The average molecular weight is 181 g/mol. The molecule has 0 aliphatic heterocycles. The molecule has 0 aromatic heterocycles. The highest BCUT2D eigenvalue weighted by atomic mass is 35.5. The van der Waals surface area contributed by atoms with E-state index in [1.54, 1.807) is 0 Å². The van der Waals surface area contributed by atoms with Crippen LogP contribution in [-0.4, -0.2) is 0 Å². The summed E-state index contributed by atoms with van der Waals surface area (Å²) in [5, 5.41) is 0. The summed E-state index contributed by atoms with van der Waals surface area (Å²) in [7, 11) is 0. The molecule has 0 saturated heterocycles. The highest BCUT2D eigenvalue weighted by Crippen LogP contribution is 2.18. The zero-order valence-electron chi connectivity index (χ0n) is 6.58. The lowest BCUT2D eigenvalue weighted by molar-refractivity contribution is 0.713. The average Bonchev–Trinajstić information content (AvgIpc) is 1.88. The number of hydrogen-bond acceptors (Lipinski definition) is 0. The van der Waals surface area contributed by atoms with Gasteiger partial charge in [0, 0.05) is 0 Å². The van der Waals surface area contributed by atoms with Crippen LogP contribution in [0.25, 0.3) is 0 Å². The Morgan fingerprint density at radius 2 is 1.80 bits per heavy atom. The van der Waals surface area contributed by atoms with Crippen LogP contribution < -0.4 is 0 Å². The molecule has 0 fully saturated rings. The van der Waals surface area contributed by atoms with E-state index < -0.39 is 0 Å². The highest BCUT2D eigenvalue weighted by Gasteiger charge is 1.94. The Bertz CT molecular complexity index is 112. The molecule has 0 radical (unpaired) electrons. The molecule has 0 spiro atoms. The highest BCUT2D eigenvalue weighted by molar-refractivity contribution is 6.56. The zero-order valence-corrected chi connectivity index (χ0v) is 8.10. The molecular weight excluding hydrogens is 167 g/mol. The van der Waals surface area contributed by atoms with Gasteiger partial charge in [-0.3, -0.25) is 0 Å². The van der Waals surface area contributed by atoms with Gasteiger partial charge in [0.2, 0.25) is 0 Å². The van der Waals surface area contributed by atoms with Crippen LogP contribution in [0.2, 0.25) is 0 Å². The van der Waals surface area contributed by atoms with Gasteiger partial charge in [-0.1, -0.05) is 43.0 Å². The second-order valence-electron chi connectivity index (χ2n) is 2.50. The van der Waals surface area contributed by atoms with E-state index in [0.717, 1.165) is 12.0 Å². The third-order valence-electron chi connectivity index (χ3n) is 1.48. The van der Waals surface area contributed by atoms with Crippen LogP contribution in [0, 0.1) is 0 Å². The molecular formula is C8H14Cl2. The smallest absolute Gasteiger partial charge is 0.0710 e. The maximum absolute atomic E-state index is 5.55. The fourth-order valence-electron chi connectivity index (χ4n) is 0.735. The maximum atomic E-state index is 5.55. The summed E-state index contributed by atoms with van der Waals surface area (Å²) in [6.07, 6.45) is 4.74. The van der Waals surface area contributed by atoms with Crippen molar-refractivity contribution in [1.82, 2.24) is 0 Å². The zero-order chi connectivity index (χ0) is 7.98. The standard InChI is InChI=1S/C8H14Cl2/c1-3-4-5-6-7(2)8(9)10/h3-6H2,1-2H3. The number of hydrogen-bond donors (Lipinski definition) is 0. The van der Waals surface area contributed by atoms with Crippen molar-refractivity contribution >= 4 is 23.2 Å². The number of rotatable bonds is 4. The molecule has 0 aromatic carbocycles. The second kappa shape index (κ2) is 6.06. The van der Waals surface area contributed by atoms with E-state index in [1.807, 2.05) is 6.92 Å². The monoisotopic (exact) mass is 180 g/mol. The lowest BCUT2D eigenvalue weighted by Gasteiger charge is -1.98. The van der Waals surface area contributed by atoms with Crippen molar-refractivity contribution in [2.24, 2.45) is 0 Å². The van der Waals surface area contributed by atoms with Gasteiger partial charge in [0.25, 0.3) is 0 Å². The van der Waals surface area contributed by atoms with E-state index >= 15 is 0 Å². The SMILES string of the molecule is CCCCCC(C)=C(Cl)Cl. The summed E-state index contributed by atoms with van der Waals surface area (Å²) in [6, 6.07) is 0. The van der Waals surface area contributed by atoms with E-state index in [1.165, 1.54) is 19.3 Å². The molecule has 0 aliphatic rings. The molecule has 0 amide bonds. The van der Waals surface area contributed by atoms with Crippen molar-refractivity contribution in [2.75, 3.05) is 0 Å². The van der Waals surface area contributed by atoms with Gasteiger partial charge in [-0.25, -0.2) is 0 Å². The molecule has 0 unspecified atom stereocenters. The fraction of sp³-hybridized carbons (Fsp3) is 0.750. The topological polar surface area (TPSA) is 0 Å². The largest absolute Gasteiger partial charge is 0.105 e. The summed E-state index contributed by atoms with van der Waals surface area (Å²) >= 11 is 11.1. The summed E-state index contributed by atoms with van der Waals surface area (Å²) in [5.41, 5.74) is 1.11. The van der Waals surface area contributed by atoms with Gasteiger partial charge in [0.15, 0.2) is 0 Å². The van der Waals surface area contributed by atoms with Crippen molar-refractivity contribution in [2.45, 2.75) is 39.5 Å². The first-order chi connectivity index (χ1) is 4.68. The molecule has 0 atom stereocenters. The Balaban J connectivity index is 3.40. The first kappa shape index (κ1) is 10.3. The molecule has 0 rings (SSSR count). The van der Waals surface area contributed by atoms with Crippen molar-refractivity contribution in [3.63, 3.8) is 0 Å². The number of allylic oxidation sites excluding steroid dienone is 1. The van der Waals surface area contributed by atoms with Crippen LogP contribution in [0.4, 0.5) is 0 Å². The minimum absolute atomic E-state index is 0.441. The Hall–Kier alpha value is 0.320. The first-order valence-electron chi connectivity index (χ1n) is 3.69. The van der Waals surface area contributed by atoms with Crippen LogP contribution in [0.3, 0.4) is 0 Å². The summed E-state index contributed by atoms with van der Waals surface area (Å²) < 4.78 is 0.441. The predicted molar refractivity (Wildman–Crippen MR) is 48.5 cm³/mol.